The van der Waals surface area contributed by atoms with E-state index in [1.807, 2.05) is 30.3 Å². The average Bonchev–Trinajstić information content (AvgIpc) is 2.72. The fourth-order valence-corrected chi connectivity index (χ4v) is 3.29. The molecule has 2 aromatic carbocycles. The summed E-state index contributed by atoms with van der Waals surface area (Å²) in [5.74, 6) is 0.0941. The Hall–Kier alpha value is -2.97. The standard InChI is InChI=1S/C20H18ClN3O4S/c1-28-16-10-8-15(9-11-16)24(13-14-6-4-3-5-7-14)19(25)18-17(21)12-22-20(23-18)29(2,26)27/h3-12H,13H2,1-2H3. The van der Waals surface area contributed by atoms with Crippen LogP contribution in [0.25, 0.3) is 0 Å². The molecule has 0 spiro atoms. The van der Waals surface area contributed by atoms with Gasteiger partial charge >= 0.3 is 0 Å². The Labute approximate surface area is 173 Å². The van der Waals surface area contributed by atoms with Crippen LogP contribution < -0.4 is 9.64 Å². The van der Waals surface area contributed by atoms with Crippen molar-refractivity contribution in [3.8, 4) is 5.75 Å². The minimum absolute atomic E-state index is 0.0334. The van der Waals surface area contributed by atoms with E-state index in [0.29, 0.717) is 11.4 Å². The molecule has 29 heavy (non-hydrogen) atoms. The summed E-state index contributed by atoms with van der Waals surface area (Å²) in [7, 11) is -2.15. The molecule has 3 aromatic rings. The Morgan fingerprint density at radius 1 is 1.10 bits per heavy atom. The molecule has 1 amide bonds. The number of halogens is 1. The third-order valence-electron chi connectivity index (χ3n) is 4.07. The second kappa shape index (κ2) is 8.59. The van der Waals surface area contributed by atoms with Crippen molar-refractivity contribution in [2.24, 2.45) is 0 Å². The first-order chi connectivity index (χ1) is 13.8. The number of benzene rings is 2. The van der Waals surface area contributed by atoms with Crippen LogP contribution in [0.3, 0.4) is 0 Å². The van der Waals surface area contributed by atoms with E-state index in [1.165, 1.54) is 4.90 Å². The number of carbonyl (C=O) groups excluding carboxylic acids is 1. The van der Waals surface area contributed by atoms with Crippen LogP contribution in [-0.2, 0) is 16.4 Å². The zero-order valence-electron chi connectivity index (χ0n) is 15.7. The molecule has 1 aromatic heterocycles. The molecular weight excluding hydrogens is 414 g/mol. The lowest BCUT2D eigenvalue weighted by molar-refractivity contribution is 0.0979. The van der Waals surface area contributed by atoms with Gasteiger partial charge in [-0.3, -0.25) is 4.79 Å². The number of amides is 1. The van der Waals surface area contributed by atoms with Crippen LogP contribution in [0.5, 0.6) is 5.75 Å². The highest BCUT2D eigenvalue weighted by molar-refractivity contribution is 7.90. The van der Waals surface area contributed by atoms with Crippen molar-refractivity contribution in [3.63, 3.8) is 0 Å². The molecule has 0 aliphatic rings. The third-order valence-corrected chi connectivity index (χ3v) is 5.21. The van der Waals surface area contributed by atoms with Gasteiger partial charge in [0.1, 0.15) is 5.75 Å². The van der Waals surface area contributed by atoms with Gasteiger partial charge in [-0.25, -0.2) is 18.4 Å². The Kier molecular flexibility index (Phi) is 6.14. The second-order valence-corrected chi connectivity index (χ2v) is 8.51. The van der Waals surface area contributed by atoms with Crippen molar-refractivity contribution in [2.45, 2.75) is 11.7 Å². The number of aromatic nitrogens is 2. The van der Waals surface area contributed by atoms with E-state index in [2.05, 4.69) is 9.97 Å². The quantitative estimate of drug-likeness (QED) is 0.556. The molecule has 1 heterocycles. The molecule has 9 heteroatoms. The SMILES string of the molecule is COc1ccc(N(Cc2ccccc2)C(=O)c2nc(S(C)(=O)=O)ncc2Cl)cc1. The van der Waals surface area contributed by atoms with Crippen LogP contribution in [0.4, 0.5) is 5.69 Å². The first-order valence-electron chi connectivity index (χ1n) is 8.52. The smallest absolute Gasteiger partial charge is 0.278 e. The molecule has 0 aliphatic heterocycles. The normalized spacial score (nSPS) is 11.1. The summed E-state index contributed by atoms with van der Waals surface area (Å²) in [4.78, 5) is 22.4. The Bertz CT molecular complexity index is 1120. The Morgan fingerprint density at radius 2 is 1.76 bits per heavy atom. The van der Waals surface area contributed by atoms with Gasteiger partial charge in [0.2, 0.25) is 15.0 Å². The van der Waals surface area contributed by atoms with Gasteiger partial charge in [-0.2, -0.15) is 0 Å². The van der Waals surface area contributed by atoms with E-state index in [-0.39, 0.29) is 17.3 Å². The molecule has 0 bridgehead atoms. The zero-order valence-corrected chi connectivity index (χ0v) is 17.3. The fraction of sp³-hybridized carbons (Fsp3) is 0.150. The molecule has 0 unspecified atom stereocenters. The van der Waals surface area contributed by atoms with Crippen LogP contribution in [0.2, 0.25) is 5.02 Å². The van der Waals surface area contributed by atoms with E-state index >= 15 is 0 Å². The lowest BCUT2D eigenvalue weighted by Crippen LogP contribution is -2.31. The van der Waals surface area contributed by atoms with E-state index in [0.717, 1.165) is 18.0 Å². The maximum Gasteiger partial charge on any atom is 0.278 e. The number of sulfone groups is 1. The van der Waals surface area contributed by atoms with Crippen molar-refractivity contribution in [2.75, 3.05) is 18.3 Å². The molecule has 0 saturated carbocycles. The summed E-state index contributed by atoms with van der Waals surface area (Å²) in [6, 6.07) is 16.3. The highest BCUT2D eigenvalue weighted by Gasteiger charge is 2.25. The molecule has 3 rings (SSSR count). The molecule has 0 radical (unpaired) electrons. The van der Waals surface area contributed by atoms with Gasteiger partial charge in [0.05, 0.1) is 24.9 Å². The number of hydrogen-bond acceptors (Lipinski definition) is 6. The number of anilines is 1. The van der Waals surface area contributed by atoms with E-state index < -0.39 is 20.9 Å². The minimum atomic E-state index is -3.70. The van der Waals surface area contributed by atoms with Crippen LogP contribution >= 0.6 is 11.6 Å². The van der Waals surface area contributed by atoms with Gasteiger partial charge in [0.15, 0.2) is 5.69 Å². The van der Waals surface area contributed by atoms with Crippen molar-refractivity contribution >= 4 is 33.0 Å². The van der Waals surface area contributed by atoms with Crippen LogP contribution in [0, 0.1) is 0 Å². The number of carbonyl (C=O) groups is 1. The molecule has 7 nitrogen and oxygen atoms in total. The lowest BCUT2D eigenvalue weighted by atomic mass is 10.1. The fourth-order valence-electron chi connectivity index (χ4n) is 2.62. The van der Waals surface area contributed by atoms with Gasteiger partial charge in [-0.1, -0.05) is 41.9 Å². The highest BCUT2D eigenvalue weighted by atomic mass is 35.5. The third kappa shape index (κ3) is 4.90. The Balaban J connectivity index is 2.06. The molecule has 0 atom stereocenters. The van der Waals surface area contributed by atoms with E-state index in [9.17, 15) is 13.2 Å². The Morgan fingerprint density at radius 3 is 2.34 bits per heavy atom. The largest absolute Gasteiger partial charge is 0.497 e. The summed E-state index contributed by atoms with van der Waals surface area (Å²) in [5.41, 5.74) is 1.27. The summed E-state index contributed by atoms with van der Waals surface area (Å²) in [5, 5.41) is -0.492. The summed E-state index contributed by atoms with van der Waals surface area (Å²) < 4.78 is 28.8. The molecular formula is C20H18ClN3O4S. The van der Waals surface area contributed by atoms with Gasteiger partial charge < -0.3 is 9.64 Å². The summed E-state index contributed by atoms with van der Waals surface area (Å²) >= 11 is 6.14. The molecule has 0 N–H and O–H groups in total. The van der Waals surface area contributed by atoms with Crippen molar-refractivity contribution in [1.82, 2.24) is 9.97 Å². The van der Waals surface area contributed by atoms with Gasteiger partial charge in [0, 0.05) is 11.9 Å². The monoisotopic (exact) mass is 431 g/mol. The van der Waals surface area contributed by atoms with Crippen molar-refractivity contribution in [1.29, 1.82) is 0 Å². The lowest BCUT2D eigenvalue weighted by Gasteiger charge is -2.23. The number of ether oxygens (including phenoxy) is 1. The van der Waals surface area contributed by atoms with Crippen LogP contribution in [-0.4, -0.2) is 37.7 Å². The maximum atomic E-state index is 13.3. The number of hydrogen-bond donors (Lipinski definition) is 0. The highest BCUT2D eigenvalue weighted by Crippen LogP contribution is 2.25. The van der Waals surface area contributed by atoms with Crippen LogP contribution in [0.15, 0.2) is 66.0 Å². The molecule has 150 valence electrons. The van der Waals surface area contributed by atoms with E-state index in [4.69, 9.17) is 16.3 Å². The van der Waals surface area contributed by atoms with Crippen molar-refractivity contribution in [3.05, 3.63) is 77.1 Å². The maximum absolute atomic E-state index is 13.3. The van der Waals surface area contributed by atoms with E-state index in [1.54, 1.807) is 31.4 Å². The second-order valence-electron chi connectivity index (χ2n) is 6.20. The molecule has 0 saturated heterocycles. The van der Waals surface area contributed by atoms with Crippen molar-refractivity contribution < 1.29 is 17.9 Å². The topological polar surface area (TPSA) is 89.5 Å². The first kappa shape index (κ1) is 20.8. The zero-order chi connectivity index (χ0) is 21.0. The minimum Gasteiger partial charge on any atom is -0.497 e. The van der Waals surface area contributed by atoms with Gasteiger partial charge in [0.25, 0.3) is 5.91 Å². The molecule has 0 fully saturated rings. The predicted octanol–water partition coefficient (Wildman–Crippen LogP) is 3.39. The predicted molar refractivity (Wildman–Crippen MR) is 110 cm³/mol. The number of methoxy groups -OCH3 is 1. The summed E-state index contributed by atoms with van der Waals surface area (Å²) in [6.07, 6.45) is 2.09. The van der Waals surface area contributed by atoms with Gasteiger partial charge in [-0.15, -0.1) is 0 Å². The van der Waals surface area contributed by atoms with Gasteiger partial charge in [-0.05, 0) is 29.8 Å². The molecule has 0 aliphatic carbocycles. The van der Waals surface area contributed by atoms with Crippen LogP contribution in [0.1, 0.15) is 16.1 Å². The number of rotatable bonds is 6. The number of nitrogens with zero attached hydrogens (tertiary/aromatic N) is 3. The first-order valence-corrected chi connectivity index (χ1v) is 10.8. The summed E-state index contributed by atoms with van der Waals surface area (Å²) in [6.45, 7) is 0.237. The average molecular weight is 432 g/mol.